The first-order chi connectivity index (χ1) is 47.4. The maximum Gasteiger partial charge on any atom is -0.0125 e. The topological polar surface area (TPSA) is 0 Å². The van der Waals surface area contributed by atoms with Crippen molar-refractivity contribution in [1.29, 1.82) is 0 Å². The fourth-order valence-corrected chi connectivity index (χ4v) is 11.0. The monoisotopic (exact) mass is 1300 g/mol. The third-order valence-electron chi connectivity index (χ3n) is 15.7. The zero-order valence-corrected chi connectivity index (χ0v) is 66.2. The van der Waals surface area contributed by atoms with E-state index in [9.17, 15) is 0 Å². The SMILES string of the molecule is CC.CC.CC.CC.CC.CC.CC.Cc1cc(C)c2ccccc2c1.Cc1cc2ccccc2cc1C.Cc1ccc2c(C)cccc2c1.Cc1ccc2cc(C)ccc2c1.Cc1ccc2ccc(C)cc2c1.Cc1ccc2cccc(C)c2c1.Cc1cccc2cccc(C)c12. The van der Waals surface area contributed by atoms with Crippen LogP contribution in [0, 0.1) is 96.9 Å². The summed E-state index contributed by atoms with van der Waals surface area (Å²) in [5, 5.41) is 18.9. The van der Waals surface area contributed by atoms with Crippen LogP contribution in [0.5, 0.6) is 0 Å². The molecule has 0 unspecified atom stereocenters. The van der Waals surface area contributed by atoms with E-state index in [0.717, 1.165) is 0 Å². The van der Waals surface area contributed by atoms with Gasteiger partial charge in [0.15, 0.2) is 0 Å². The highest BCUT2D eigenvalue weighted by Gasteiger charge is 2.01. The maximum absolute atomic E-state index is 2.24. The summed E-state index contributed by atoms with van der Waals surface area (Å²) in [6, 6.07) is 91.0. The summed E-state index contributed by atoms with van der Waals surface area (Å²) in [7, 11) is 0. The maximum atomic E-state index is 2.24. The van der Waals surface area contributed by atoms with E-state index < -0.39 is 0 Å². The Bertz CT molecular complexity index is 4330. The predicted octanol–water partition coefficient (Wildman–Crippen LogP) is 31.4. The predicted molar refractivity (Wildman–Crippen MR) is 453 cm³/mol. The summed E-state index contributed by atoms with van der Waals surface area (Å²) in [6.45, 7) is 58.0. The standard InChI is InChI=1S/7C12H12.7C2H6/c1-9-3-5-12-8-10(2)4-6-11(12)7-9;1-9-3-5-11-6-4-10(2)8-12(11)7-9;1-9-5-3-7-11-8-4-6-10(2)12(9)11;1-9-6-7-12-10(2)4-3-5-11(12)8-9;1-9-6-7-11-5-3-4-10(2)12(11)8-9;1-9-7-11-5-3-4-6-12(11)8-10(9)2;1-9-7-10(2)12-6-4-3-5-11(12)8-9;7*1-2/h7*3-8H,1-2H3;7*1-2H3. The number of hydrogen-bond acceptors (Lipinski definition) is 0. The zero-order valence-electron chi connectivity index (χ0n) is 66.2. The Morgan fingerprint density at radius 2 is 0.408 bits per heavy atom. The van der Waals surface area contributed by atoms with E-state index in [-0.39, 0.29) is 0 Å². The first-order valence-corrected chi connectivity index (χ1v) is 36.6. The van der Waals surface area contributed by atoms with E-state index in [2.05, 4.69) is 352 Å². The minimum absolute atomic E-state index is 1.33. The van der Waals surface area contributed by atoms with Crippen LogP contribution in [0.25, 0.3) is 75.4 Å². The molecule has 14 aromatic rings. The molecule has 0 saturated carbocycles. The summed E-state index contributed by atoms with van der Waals surface area (Å²) in [6.07, 6.45) is 0. The van der Waals surface area contributed by atoms with Crippen LogP contribution in [-0.4, -0.2) is 0 Å². The van der Waals surface area contributed by atoms with Crippen molar-refractivity contribution in [3.63, 3.8) is 0 Å². The summed E-state index contributed by atoms with van der Waals surface area (Å²) in [5.41, 5.74) is 18.8. The van der Waals surface area contributed by atoms with E-state index >= 15 is 0 Å². The molecule has 0 N–H and O–H groups in total. The average molecular weight is 1300 g/mol. The number of hydrogen-bond donors (Lipinski definition) is 0. The third-order valence-corrected chi connectivity index (χ3v) is 15.7. The summed E-state index contributed by atoms with van der Waals surface area (Å²) in [4.78, 5) is 0. The quantitative estimate of drug-likeness (QED) is 0.142. The molecule has 0 heterocycles. The molecule has 0 radical (unpaired) electrons. The molecule has 0 amide bonds. The molecule has 0 fully saturated rings. The van der Waals surface area contributed by atoms with E-state index in [1.54, 1.807) is 0 Å². The number of rotatable bonds is 0. The van der Waals surface area contributed by atoms with Gasteiger partial charge in [0.1, 0.15) is 0 Å². The van der Waals surface area contributed by atoms with Gasteiger partial charge in [-0.15, -0.1) is 0 Å². The lowest BCUT2D eigenvalue weighted by Gasteiger charge is -2.04. The Hall–Kier alpha value is -9.10. The van der Waals surface area contributed by atoms with Gasteiger partial charge in [-0.25, -0.2) is 0 Å². The molecule has 0 bridgehead atoms. The van der Waals surface area contributed by atoms with Crippen LogP contribution in [0.3, 0.4) is 0 Å². The molecule has 0 spiro atoms. The van der Waals surface area contributed by atoms with Crippen LogP contribution in [0.15, 0.2) is 255 Å². The Labute approximate surface area is 598 Å². The second kappa shape index (κ2) is 48.6. The fraction of sp³-hybridized carbons (Fsp3) is 0.286. The van der Waals surface area contributed by atoms with Crippen LogP contribution in [-0.2, 0) is 0 Å². The molecule has 14 aromatic carbocycles. The molecule has 0 nitrogen and oxygen atoms in total. The van der Waals surface area contributed by atoms with Crippen molar-refractivity contribution in [3.05, 3.63) is 333 Å². The van der Waals surface area contributed by atoms with Crippen molar-refractivity contribution in [2.24, 2.45) is 0 Å². The highest BCUT2D eigenvalue weighted by atomic mass is 14.1. The Morgan fingerprint density at radius 3 is 0.837 bits per heavy atom. The average Bonchev–Trinajstić information content (AvgIpc) is 0.861. The molecular formula is C98H126. The molecule has 98 heavy (non-hydrogen) atoms. The van der Waals surface area contributed by atoms with E-state index in [4.69, 9.17) is 0 Å². The zero-order chi connectivity index (χ0) is 73.9. The molecule has 0 aliphatic rings. The van der Waals surface area contributed by atoms with Gasteiger partial charge in [0.2, 0.25) is 0 Å². The van der Waals surface area contributed by atoms with E-state index in [0.29, 0.717) is 0 Å². The van der Waals surface area contributed by atoms with Gasteiger partial charge in [-0.2, -0.15) is 0 Å². The molecular weight excluding hydrogens is 1180 g/mol. The van der Waals surface area contributed by atoms with Crippen LogP contribution in [0.1, 0.15) is 175 Å². The van der Waals surface area contributed by atoms with Gasteiger partial charge in [-0.3, -0.25) is 0 Å². The Balaban J connectivity index is 0.000000554. The minimum atomic E-state index is 1.33. The third kappa shape index (κ3) is 28.2. The van der Waals surface area contributed by atoms with E-state index in [1.807, 2.05) is 96.9 Å². The lowest BCUT2D eigenvalue weighted by Crippen LogP contribution is -1.81. The van der Waals surface area contributed by atoms with Gasteiger partial charge >= 0.3 is 0 Å². The van der Waals surface area contributed by atoms with Gasteiger partial charge in [0.05, 0.1) is 0 Å². The van der Waals surface area contributed by atoms with Crippen molar-refractivity contribution >= 4 is 75.4 Å². The molecule has 0 atom stereocenters. The van der Waals surface area contributed by atoms with Gasteiger partial charge in [0, 0.05) is 0 Å². The lowest BCUT2D eigenvalue weighted by molar-refractivity contribution is 1.37. The van der Waals surface area contributed by atoms with Crippen molar-refractivity contribution in [2.75, 3.05) is 0 Å². The number of aryl methyl sites for hydroxylation is 14. The molecule has 14 rings (SSSR count). The first kappa shape index (κ1) is 86.9. The molecule has 0 heteroatoms. The highest BCUT2D eigenvalue weighted by molar-refractivity contribution is 5.90. The van der Waals surface area contributed by atoms with Crippen LogP contribution in [0.4, 0.5) is 0 Å². The van der Waals surface area contributed by atoms with Crippen molar-refractivity contribution in [3.8, 4) is 0 Å². The number of fused-ring (bicyclic) bond motifs is 7. The van der Waals surface area contributed by atoms with Crippen LogP contribution in [0.2, 0.25) is 0 Å². The van der Waals surface area contributed by atoms with Crippen molar-refractivity contribution in [2.45, 2.75) is 194 Å². The van der Waals surface area contributed by atoms with Crippen molar-refractivity contribution in [1.82, 2.24) is 0 Å². The largest absolute Gasteiger partial charge is 0.0683 e. The molecule has 0 aliphatic carbocycles. The lowest BCUT2D eigenvalue weighted by atomic mass is 10.0. The van der Waals surface area contributed by atoms with Crippen molar-refractivity contribution < 1.29 is 0 Å². The minimum Gasteiger partial charge on any atom is -0.0683 e. The van der Waals surface area contributed by atoms with Gasteiger partial charge in [0.25, 0.3) is 0 Å². The first-order valence-electron chi connectivity index (χ1n) is 36.6. The molecule has 0 aliphatic heterocycles. The molecule has 0 aromatic heterocycles. The van der Waals surface area contributed by atoms with Gasteiger partial charge < -0.3 is 0 Å². The smallest absolute Gasteiger partial charge is 0.0125 e. The van der Waals surface area contributed by atoms with Crippen LogP contribution < -0.4 is 0 Å². The van der Waals surface area contributed by atoms with Gasteiger partial charge in [-0.05, 0) is 211 Å². The fourth-order valence-electron chi connectivity index (χ4n) is 11.0. The Morgan fingerprint density at radius 1 is 0.133 bits per heavy atom. The Kier molecular flexibility index (Phi) is 43.1. The van der Waals surface area contributed by atoms with Gasteiger partial charge in [-0.1, -0.05) is 391 Å². The van der Waals surface area contributed by atoms with Crippen LogP contribution >= 0.6 is 0 Å². The molecule has 518 valence electrons. The summed E-state index contributed by atoms with van der Waals surface area (Å²) >= 11 is 0. The molecule has 0 saturated heterocycles. The number of benzene rings is 14. The highest BCUT2D eigenvalue weighted by Crippen LogP contribution is 2.25. The summed E-state index contributed by atoms with van der Waals surface area (Å²) in [5.74, 6) is 0. The second-order valence-electron chi connectivity index (χ2n) is 23.1. The normalized spacial score (nSPS) is 9.43. The second-order valence-corrected chi connectivity index (χ2v) is 23.1. The van der Waals surface area contributed by atoms with E-state index in [1.165, 1.54) is 153 Å². The summed E-state index contributed by atoms with van der Waals surface area (Å²) < 4.78 is 0.